The average Bonchev–Trinajstić information content (AvgIpc) is 2.75. The second-order valence-corrected chi connectivity index (χ2v) is 4.96. The maximum Gasteiger partial charge on any atom is 0.211 e. The lowest BCUT2D eigenvalue weighted by Crippen LogP contribution is -2.11. The van der Waals surface area contributed by atoms with Crippen molar-refractivity contribution in [2.45, 2.75) is 19.9 Å². The van der Waals surface area contributed by atoms with Crippen molar-refractivity contribution in [3.63, 3.8) is 0 Å². The smallest absolute Gasteiger partial charge is 0.211 e. The highest BCUT2D eigenvalue weighted by atomic mass is 79.9. The lowest BCUT2D eigenvalue weighted by Gasteiger charge is -2.06. The van der Waals surface area contributed by atoms with Crippen molar-refractivity contribution in [2.75, 3.05) is 5.73 Å². The fraction of sp³-hybridized carbons (Fsp3) is 0.231. The molecule has 94 valence electrons. The van der Waals surface area contributed by atoms with Crippen LogP contribution in [0.4, 0.5) is 5.69 Å². The summed E-state index contributed by atoms with van der Waals surface area (Å²) in [5.74, 6) is -0.0612. The van der Waals surface area contributed by atoms with Crippen molar-refractivity contribution in [2.24, 2.45) is 0 Å². The van der Waals surface area contributed by atoms with Crippen LogP contribution in [0.2, 0.25) is 0 Å². The molecule has 1 aromatic carbocycles. The van der Waals surface area contributed by atoms with Gasteiger partial charge in [0, 0.05) is 28.5 Å². The third kappa shape index (κ3) is 2.61. The lowest BCUT2D eigenvalue weighted by molar-refractivity contribution is 0.102. The molecule has 1 heterocycles. The standard InChI is InChI=1S/C13H14BrN3O/c1-2-5-17-12(3-4-16-17)13(18)9-6-10(14)8-11(15)7-9/h3-4,6-8H,2,5,15H2,1H3. The SMILES string of the molecule is CCCn1nccc1C(=O)c1cc(N)cc(Br)c1. The number of anilines is 1. The second kappa shape index (κ2) is 5.35. The number of aryl methyl sites for hydroxylation is 1. The molecule has 0 aliphatic rings. The first-order valence-corrected chi connectivity index (χ1v) is 6.53. The number of halogens is 1. The highest BCUT2D eigenvalue weighted by Gasteiger charge is 2.14. The third-order valence-corrected chi connectivity index (χ3v) is 3.02. The zero-order valence-electron chi connectivity index (χ0n) is 10.1. The first-order valence-electron chi connectivity index (χ1n) is 5.74. The maximum absolute atomic E-state index is 12.4. The van der Waals surface area contributed by atoms with Gasteiger partial charge in [0.2, 0.25) is 5.78 Å². The van der Waals surface area contributed by atoms with Gasteiger partial charge >= 0.3 is 0 Å². The molecular formula is C13H14BrN3O. The van der Waals surface area contributed by atoms with E-state index in [1.807, 2.05) is 6.92 Å². The first-order chi connectivity index (χ1) is 8.61. The van der Waals surface area contributed by atoms with Gasteiger partial charge < -0.3 is 5.73 Å². The number of hydrogen-bond acceptors (Lipinski definition) is 3. The Morgan fingerprint density at radius 1 is 1.44 bits per heavy atom. The molecule has 2 aromatic rings. The zero-order valence-corrected chi connectivity index (χ0v) is 11.6. The second-order valence-electron chi connectivity index (χ2n) is 4.04. The Morgan fingerprint density at radius 2 is 2.22 bits per heavy atom. The van der Waals surface area contributed by atoms with E-state index in [-0.39, 0.29) is 5.78 Å². The number of aromatic nitrogens is 2. The van der Waals surface area contributed by atoms with Gasteiger partial charge in [0.05, 0.1) is 0 Å². The van der Waals surface area contributed by atoms with E-state index in [4.69, 9.17) is 5.73 Å². The predicted octanol–water partition coefficient (Wildman–Crippen LogP) is 2.87. The van der Waals surface area contributed by atoms with Crippen LogP contribution in [0, 0.1) is 0 Å². The number of hydrogen-bond donors (Lipinski definition) is 1. The van der Waals surface area contributed by atoms with Crippen molar-refractivity contribution in [1.29, 1.82) is 0 Å². The molecule has 0 unspecified atom stereocenters. The van der Waals surface area contributed by atoms with E-state index in [9.17, 15) is 4.79 Å². The number of nitrogens with zero attached hydrogens (tertiary/aromatic N) is 2. The molecule has 2 N–H and O–H groups in total. The van der Waals surface area contributed by atoms with Gasteiger partial charge in [-0.3, -0.25) is 9.48 Å². The van der Waals surface area contributed by atoms with E-state index >= 15 is 0 Å². The quantitative estimate of drug-likeness (QED) is 0.698. The van der Waals surface area contributed by atoms with Crippen LogP contribution in [0.1, 0.15) is 29.4 Å². The Hall–Kier alpha value is -1.62. The summed E-state index contributed by atoms with van der Waals surface area (Å²) in [6.45, 7) is 2.78. The lowest BCUT2D eigenvalue weighted by atomic mass is 10.1. The summed E-state index contributed by atoms with van der Waals surface area (Å²) >= 11 is 3.34. The fourth-order valence-corrected chi connectivity index (χ4v) is 2.32. The van der Waals surface area contributed by atoms with Crippen LogP contribution in [-0.4, -0.2) is 15.6 Å². The Bertz CT molecular complexity index is 557. The van der Waals surface area contributed by atoms with Crippen LogP contribution < -0.4 is 5.73 Å². The van der Waals surface area contributed by atoms with Crippen LogP contribution in [-0.2, 0) is 6.54 Å². The van der Waals surface area contributed by atoms with E-state index in [1.165, 1.54) is 0 Å². The van der Waals surface area contributed by atoms with Gasteiger partial charge in [0.15, 0.2) is 0 Å². The Morgan fingerprint density at radius 3 is 2.89 bits per heavy atom. The maximum atomic E-state index is 12.4. The summed E-state index contributed by atoms with van der Waals surface area (Å²) in [7, 11) is 0. The number of rotatable bonds is 4. The fourth-order valence-electron chi connectivity index (χ4n) is 1.81. The molecule has 0 saturated heterocycles. The summed E-state index contributed by atoms with van der Waals surface area (Å²) in [6, 6.07) is 6.94. The minimum absolute atomic E-state index is 0.0612. The van der Waals surface area contributed by atoms with Crippen LogP contribution in [0.5, 0.6) is 0 Å². The van der Waals surface area contributed by atoms with Gasteiger partial charge in [-0.2, -0.15) is 5.10 Å². The normalized spacial score (nSPS) is 10.6. The van der Waals surface area contributed by atoms with E-state index in [2.05, 4.69) is 21.0 Å². The molecule has 1 aromatic heterocycles. The highest BCUT2D eigenvalue weighted by molar-refractivity contribution is 9.10. The molecule has 18 heavy (non-hydrogen) atoms. The van der Waals surface area contributed by atoms with Gasteiger partial charge in [0.25, 0.3) is 0 Å². The van der Waals surface area contributed by atoms with Gasteiger partial charge in [-0.1, -0.05) is 22.9 Å². The summed E-state index contributed by atoms with van der Waals surface area (Å²) in [5, 5.41) is 4.15. The van der Waals surface area contributed by atoms with Gasteiger partial charge in [-0.25, -0.2) is 0 Å². The number of ketones is 1. The summed E-state index contributed by atoms with van der Waals surface area (Å²) < 4.78 is 2.52. The minimum Gasteiger partial charge on any atom is -0.399 e. The van der Waals surface area contributed by atoms with E-state index in [0.717, 1.165) is 17.4 Å². The van der Waals surface area contributed by atoms with Crippen molar-refractivity contribution >= 4 is 27.4 Å². The first kappa shape index (κ1) is 12.8. The molecule has 0 atom stereocenters. The summed E-state index contributed by atoms with van der Waals surface area (Å²) in [4.78, 5) is 12.4. The Labute approximate surface area is 114 Å². The van der Waals surface area contributed by atoms with E-state index < -0.39 is 0 Å². The molecule has 5 heteroatoms. The summed E-state index contributed by atoms with van der Waals surface area (Å²) in [5.41, 5.74) is 7.47. The molecule has 0 spiro atoms. The monoisotopic (exact) mass is 307 g/mol. The van der Waals surface area contributed by atoms with Crippen LogP contribution in [0.25, 0.3) is 0 Å². The zero-order chi connectivity index (χ0) is 13.1. The van der Waals surface area contributed by atoms with Crippen molar-refractivity contribution < 1.29 is 4.79 Å². The van der Waals surface area contributed by atoms with Crippen molar-refractivity contribution in [1.82, 2.24) is 9.78 Å². The molecule has 2 rings (SSSR count). The van der Waals surface area contributed by atoms with E-state index in [1.54, 1.807) is 35.1 Å². The van der Waals surface area contributed by atoms with Gasteiger partial charge in [0.1, 0.15) is 5.69 Å². The van der Waals surface area contributed by atoms with Crippen molar-refractivity contribution in [3.05, 3.63) is 46.2 Å². The number of nitrogen functional groups attached to an aromatic ring is 1. The molecule has 0 amide bonds. The average molecular weight is 308 g/mol. The molecule has 0 bridgehead atoms. The van der Waals surface area contributed by atoms with Gasteiger partial charge in [-0.05, 0) is 30.7 Å². The Balaban J connectivity index is 2.38. The molecule has 0 aliphatic carbocycles. The summed E-state index contributed by atoms with van der Waals surface area (Å²) in [6.07, 6.45) is 2.58. The number of carbonyl (C=O) groups is 1. The molecule has 0 fully saturated rings. The largest absolute Gasteiger partial charge is 0.399 e. The van der Waals surface area contributed by atoms with Gasteiger partial charge in [-0.15, -0.1) is 0 Å². The molecule has 0 radical (unpaired) electrons. The predicted molar refractivity (Wildman–Crippen MR) is 74.5 cm³/mol. The van der Waals surface area contributed by atoms with Crippen molar-refractivity contribution in [3.8, 4) is 0 Å². The number of carbonyl (C=O) groups excluding carboxylic acids is 1. The van der Waals surface area contributed by atoms with Crippen LogP contribution in [0.15, 0.2) is 34.9 Å². The molecule has 0 saturated carbocycles. The number of nitrogens with two attached hydrogens (primary N) is 1. The number of benzene rings is 1. The molecular weight excluding hydrogens is 294 g/mol. The van der Waals surface area contributed by atoms with Crippen LogP contribution >= 0.6 is 15.9 Å². The van der Waals surface area contributed by atoms with E-state index in [0.29, 0.717) is 16.9 Å². The topological polar surface area (TPSA) is 60.9 Å². The third-order valence-electron chi connectivity index (χ3n) is 2.57. The van der Waals surface area contributed by atoms with Crippen LogP contribution in [0.3, 0.4) is 0 Å². The minimum atomic E-state index is -0.0612. The molecule has 0 aliphatic heterocycles. The molecule has 4 nitrogen and oxygen atoms in total. The Kier molecular flexibility index (Phi) is 3.81. The highest BCUT2D eigenvalue weighted by Crippen LogP contribution is 2.19.